The number of rotatable bonds is 4. The third-order valence-corrected chi connectivity index (χ3v) is 11.7. The molecule has 35 heavy (non-hydrogen) atoms. The van der Waals surface area contributed by atoms with Crippen molar-refractivity contribution in [3.8, 4) is 0 Å². The fourth-order valence-electron chi connectivity index (χ4n) is 9.78. The van der Waals surface area contributed by atoms with Gasteiger partial charge in [-0.2, -0.15) is 0 Å². The van der Waals surface area contributed by atoms with E-state index < -0.39 is 5.60 Å². The molecule has 0 aromatic rings. The smallest absolute Gasteiger partial charge is 0.157 e. The molecule has 2 heterocycles. The molecule has 3 saturated carbocycles. The van der Waals surface area contributed by atoms with E-state index in [0.717, 1.165) is 62.9 Å². The lowest BCUT2D eigenvalue weighted by Crippen LogP contribution is -2.53. The van der Waals surface area contributed by atoms with Gasteiger partial charge in [-0.3, -0.25) is 0 Å². The van der Waals surface area contributed by atoms with Crippen LogP contribution in [0.5, 0.6) is 0 Å². The van der Waals surface area contributed by atoms with E-state index in [1.54, 1.807) is 5.57 Å². The third kappa shape index (κ3) is 4.05. The zero-order chi connectivity index (χ0) is 24.3. The quantitative estimate of drug-likeness (QED) is 0.440. The first kappa shape index (κ1) is 24.5. The van der Waals surface area contributed by atoms with Crippen LogP contribution in [-0.4, -0.2) is 36.3 Å². The van der Waals surface area contributed by atoms with Gasteiger partial charge in [-0.15, -0.1) is 0 Å². The highest BCUT2D eigenvalue weighted by Gasteiger charge is 2.62. The zero-order valence-corrected chi connectivity index (χ0v) is 22.4. The molecule has 4 heteroatoms. The minimum absolute atomic E-state index is 0.0249. The van der Waals surface area contributed by atoms with Gasteiger partial charge < -0.3 is 19.3 Å². The maximum Gasteiger partial charge on any atom is 0.157 e. The van der Waals surface area contributed by atoms with Crippen molar-refractivity contribution in [1.82, 2.24) is 0 Å². The summed E-state index contributed by atoms with van der Waals surface area (Å²) in [5.41, 5.74) is 1.36. The molecule has 0 bridgehead atoms. The normalized spacial score (nSPS) is 47.3. The summed E-state index contributed by atoms with van der Waals surface area (Å²) in [6.07, 6.45) is 20.4. The number of allylic oxidation sites excluding steroid dienone is 2. The molecule has 4 fully saturated rings. The first-order valence-electron chi connectivity index (χ1n) is 14.8. The summed E-state index contributed by atoms with van der Waals surface area (Å²) in [5.74, 6) is 3.39. The molecule has 1 unspecified atom stereocenters. The van der Waals surface area contributed by atoms with Gasteiger partial charge in [0.2, 0.25) is 0 Å². The molecule has 1 saturated heterocycles. The van der Waals surface area contributed by atoms with Crippen LogP contribution >= 0.6 is 0 Å². The molecule has 196 valence electrons. The van der Waals surface area contributed by atoms with Crippen LogP contribution in [-0.2, 0) is 14.2 Å². The lowest BCUT2D eigenvalue weighted by atomic mass is 9.46. The van der Waals surface area contributed by atoms with Gasteiger partial charge in [-0.1, -0.05) is 25.5 Å². The highest BCUT2D eigenvalue weighted by Crippen LogP contribution is 2.68. The second-order valence-corrected chi connectivity index (χ2v) is 13.4. The Morgan fingerprint density at radius 3 is 2.63 bits per heavy atom. The molecule has 2 aliphatic heterocycles. The van der Waals surface area contributed by atoms with Gasteiger partial charge in [0.25, 0.3) is 0 Å². The monoisotopic (exact) mass is 484 g/mol. The van der Waals surface area contributed by atoms with E-state index in [1.165, 1.54) is 51.4 Å². The summed E-state index contributed by atoms with van der Waals surface area (Å²) in [4.78, 5) is 0. The van der Waals surface area contributed by atoms with Gasteiger partial charge in [-0.05, 0) is 125 Å². The highest BCUT2D eigenvalue weighted by molar-refractivity contribution is 5.26. The minimum atomic E-state index is -0.840. The molecule has 4 aliphatic carbocycles. The van der Waals surface area contributed by atoms with Crippen molar-refractivity contribution in [1.29, 1.82) is 0 Å². The predicted molar refractivity (Wildman–Crippen MR) is 138 cm³/mol. The van der Waals surface area contributed by atoms with Crippen LogP contribution in [0.4, 0.5) is 0 Å². The van der Waals surface area contributed by atoms with Crippen molar-refractivity contribution in [2.24, 2.45) is 34.5 Å². The molecule has 0 amide bonds. The van der Waals surface area contributed by atoms with Crippen LogP contribution in [0.3, 0.4) is 0 Å². The average Bonchev–Trinajstić information content (AvgIpc) is 3.23. The SMILES string of the molecule is C[C@]12CC[C@H]3[C@@H](CC=C4C[C@@H](OC5CCCCO5)CC[C@@]43C)[C@@H]1CC[C@@H]2[C@@](C)(O)C1=CCCCO1. The number of hydrogen-bond donors (Lipinski definition) is 1. The molecule has 0 aromatic carbocycles. The second-order valence-electron chi connectivity index (χ2n) is 13.4. The van der Waals surface area contributed by atoms with Crippen molar-refractivity contribution in [2.45, 2.75) is 122 Å². The van der Waals surface area contributed by atoms with Crippen molar-refractivity contribution in [2.75, 3.05) is 13.2 Å². The molecule has 6 aliphatic rings. The first-order valence-corrected chi connectivity index (χ1v) is 14.8. The minimum Gasteiger partial charge on any atom is -0.495 e. The highest BCUT2D eigenvalue weighted by atomic mass is 16.7. The van der Waals surface area contributed by atoms with Crippen LogP contribution in [0.15, 0.2) is 23.5 Å². The summed E-state index contributed by atoms with van der Waals surface area (Å²) in [7, 11) is 0. The van der Waals surface area contributed by atoms with Crippen molar-refractivity contribution < 1.29 is 19.3 Å². The fraction of sp³-hybridized carbons (Fsp3) is 0.871. The summed E-state index contributed by atoms with van der Waals surface area (Å²) in [6, 6.07) is 0. The molecule has 1 N–H and O–H groups in total. The average molecular weight is 485 g/mol. The van der Waals surface area contributed by atoms with Crippen LogP contribution in [0.25, 0.3) is 0 Å². The summed E-state index contributed by atoms with van der Waals surface area (Å²) in [5, 5.41) is 11.8. The first-order chi connectivity index (χ1) is 16.8. The lowest BCUT2D eigenvalue weighted by molar-refractivity contribution is -0.195. The van der Waals surface area contributed by atoms with Gasteiger partial charge in [0, 0.05) is 12.5 Å². The van der Waals surface area contributed by atoms with Gasteiger partial charge in [0.15, 0.2) is 6.29 Å². The second kappa shape index (κ2) is 9.17. The van der Waals surface area contributed by atoms with E-state index in [2.05, 4.69) is 26.0 Å². The number of aliphatic hydroxyl groups is 1. The van der Waals surface area contributed by atoms with Crippen molar-refractivity contribution in [3.63, 3.8) is 0 Å². The van der Waals surface area contributed by atoms with E-state index in [4.69, 9.17) is 14.2 Å². The third-order valence-electron chi connectivity index (χ3n) is 11.7. The van der Waals surface area contributed by atoms with E-state index in [1.807, 2.05) is 6.92 Å². The van der Waals surface area contributed by atoms with Crippen LogP contribution in [0.2, 0.25) is 0 Å². The zero-order valence-electron chi connectivity index (χ0n) is 22.4. The van der Waals surface area contributed by atoms with E-state index >= 15 is 0 Å². The molecule has 0 spiro atoms. The largest absolute Gasteiger partial charge is 0.495 e. The molecule has 0 aromatic heterocycles. The summed E-state index contributed by atoms with van der Waals surface area (Å²) >= 11 is 0. The van der Waals surface area contributed by atoms with E-state index in [9.17, 15) is 5.11 Å². The van der Waals surface area contributed by atoms with Crippen LogP contribution in [0, 0.1) is 34.5 Å². The summed E-state index contributed by atoms with van der Waals surface area (Å²) in [6.45, 7) is 8.75. The molecule has 9 atom stereocenters. The Balaban J connectivity index is 1.19. The number of ether oxygens (including phenoxy) is 3. The Hall–Kier alpha value is -0.840. The molecule has 6 rings (SSSR count). The Labute approximate surface area is 212 Å². The van der Waals surface area contributed by atoms with E-state index in [-0.39, 0.29) is 11.7 Å². The molecular weight excluding hydrogens is 436 g/mol. The summed E-state index contributed by atoms with van der Waals surface area (Å²) < 4.78 is 18.4. The Bertz CT molecular complexity index is 854. The van der Waals surface area contributed by atoms with Crippen molar-refractivity contribution >= 4 is 0 Å². The molecular formula is C31H48O4. The van der Waals surface area contributed by atoms with Gasteiger partial charge >= 0.3 is 0 Å². The Morgan fingerprint density at radius 1 is 0.971 bits per heavy atom. The lowest BCUT2D eigenvalue weighted by Gasteiger charge is -2.59. The van der Waals surface area contributed by atoms with Gasteiger partial charge in [-0.25, -0.2) is 0 Å². The topological polar surface area (TPSA) is 47.9 Å². The standard InChI is InChI=1S/C31H48O4/c1-29-16-14-22(35-28-9-5-7-19-34-28)20-21(29)10-11-23-24-12-13-26(30(24,2)17-15-25(23)29)31(3,32)27-8-4-6-18-33-27/h8,10,22-26,28,32H,4-7,9,11-20H2,1-3H3/t22-,23-,24-,25-,26-,28?,29-,30-,31+/m0/s1. The number of fused-ring (bicyclic) bond motifs is 5. The predicted octanol–water partition coefficient (Wildman–Crippen LogP) is 6.92. The van der Waals surface area contributed by atoms with Gasteiger partial charge in [0.1, 0.15) is 11.4 Å². The molecule has 0 radical (unpaired) electrons. The van der Waals surface area contributed by atoms with Crippen molar-refractivity contribution in [3.05, 3.63) is 23.5 Å². The Morgan fingerprint density at radius 2 is 1.86 bits per heavy atom. The van der Waals surface area contributed by atoms with E-state index in [0.29, 0.717) is 23.4 Å². The Kier molecular flexibility index (Phi) is 6.42. The van der Waals surface area contributed by atoms with Gasteiger partial charge in [0.05, 0.1) is 12.7 Å². The van der Waals surface area contributed by atoms with Crippen LogP contribution < -0.4 is 0 Å². The van der Waals surface area contributed by atoms with Crippen LogP contribution in [0.1, 0.15) is 104 Å². The molecule has 4 nitrogen and oxygen atoms in total. The maximum absolute atomic E-state index is 11.8. The fourth-order valence-corrected chi connectivity index (χ4v) is 9.78. The maximum atomic E-state index is 11.8. The number of hydrogen-bond acceptors (Lipinski definition) is 4.